The van der Waals surface area contributed by atoms with Crippen molar-refractivity contribution in [3.05, 3.63) is 35.6 Å². The second kappa shape index (κ2) is 7.78. The standard InChI is InChI=1S/C18H28FN/c1-3-5-6-18(15-9-11-16(19)12-10-15)20-17(4-2)13-14-7-8-14/h9-12,14,17-18,20H,3-8,13H2,1-2H3. The molecule has 0 aliphatic heterocycles. The highest BCUT2D eigenvalue weighted by Gasteiger charge is 2.26. The fraction of sp³-hybridized carbons (Fsp3) is 0.667. The van der Waals surface area contributed by atoms with Crippen LogP contribution in [0.5, 0.6) is 0 Å². The van der Waals surface area contributed by atoms with Gasteiger partial charge in [-0.25, -0.2) is 4.39 Å². The van der Waals surface area contributed by atoms with Gasteiger partial charge in [0.25, 0.3) is 0 Å². The summed E-state index contributed by atoms with van der Waals surface area (Å²) in [6, 6.07) is 8.02. The molecule has 20 heavy (non-hydrogen) atoms. The van der Waals surface area contributed by atoms with Crippen LogP contribution in [0, 0.1) is 11.7 Å². The van der Waals surface area contributed by atoms with Crippen LogP contribution < -0.4 is 5.32 Å². The Hall–Kier alpha value is -0.890. The minimum Gasteiger partial charge on any atom is -0.307 e. The summed E-state index contributed by atoms with van der Waals surface area (Å²) in [6.45, 7) is 4.49. The van der Waals surface area contributed by atoms with E-state index in [0.717, 1.165) is 12.3 Å². The number of halogens is 1. The molecule has 2 rings (SSSR count). The van der Waals surface area contributed by atoms with Gasteiger partial charge in [-0.05, 0) is 42.9 Å². The van der Waals surface area contributed by atoms with Crippen LogP contribution in [0.3, 0.4) is 0 Å². The predicted molar refractivity (Wildman–Crippen MR) is 83.2 cm³/mol. The lowest BCUT2D eigenvalue weighted by molar-refractivity contribution is 0.370. The Bertz CT molecular complexity index is 383. The molecule has 112 valence electrons. The molecule has 2 unspecified atom stereocenters. The van der Waals surface area contributed by atoms with Crippen LogP contribution in [-0.2, 0) is 0 Å². The summed E-state index contributed by atoms with van der Waals surface area (Å²) < 4.78 is 13.1. The van der Waals surface area contributed by atoms with Crippen LogP contribution in [0.25, 0.3) is 0 Å². The highest BCUT2D eigenvalue weighted by atomic mass is 19.1. The Morgan fingerprint density at radius 1 is 1.20 bits per heavy atom. The maximum Gasteiger partial charge on any atom is 0.123 e. The fourth-order valence-corrected chi connectivity index (χ4v) is 2.84. The van der Waals surface area contributed by atoms with E-state index < -0.39 is 0 Å². The second-order valence-corrected chi connectivity index (χ2v) is 6.20. The first-order valence-electron chi connectivity index (χ1n) is 8.24. The van der Waals surface area contributed by atoms with Crippen molar-refractivity contribution in [2.45, 2.75) is 70.9 Å². The molecule has 1 aliphatic carbocycles. The zero-order valence-electron chi connectivity index (χ0n) is 12.9. The van der Waals surface area contributed by atoms with Crippen molar-refractivity contribution in [2.75, 3.05) is 0 Å². The molecular weight excluding hydrogens is 249 g/mol. The summed E-state index contributed by atoms with van der Waals surface area (Å²) in [5.74, 6) is 0.806. The van der Waals surface area contributed by atoms with Crippen molar-refractivity contribution in [1.29, 1.82) is 0 Å². The molecule has 0 heterocycles. The van der Waals surface area contributed by atoms with Crippen LogP contribution in [0.1, 0.15) is 70.4 Å². The van der Waals surface area contributed by atoms with Gasteiger partial charge in [0.05, 0.1) is 0 Å². The average molecular weight is 277 g/mol. The summed E-state index contributed by atoms with van der Waals surface area (Å²) in [4.78, 5) is 0. The molecule has 0 saturated heterocycles. The molecule has 1 saturated carbocycles. The number of hydrogen-bond donors (Lipinski definition) is 1. The van der Waals surface area contributed by atoms with Crippen molar-refractivity contribution >= 4 is 0 Å². The van der Waals surface area contributed by atoms with E-state index in [-0.39, 0.29) is 5.82 Å². The van der Waals surface area contributed by atoms with Gasteiger partial charge in [-0.15, -0.1) is 0 Å². The number of nitrogens with one attached hydrogen (secondary N) is 1. The van der Waals surface area contributed by atoms with Gasteiger partial charge >= 0.3 is 0 Å². The smallest absolute Gasteiger partial charge is 0.123 e. The Kier molecular flexibility index (Phi) is 6.03. The quantitative estimate of drug-likeness (QED) is 0.652. The molecule has 1 N–H and O–H groups in total. The zero-order valence-corrected chi connectivity index (χ0v) is 12.9. The van der Waals surface area contributed by atoms with E-state index in [4.69, 9.17) is 0 Å². The van der Waals surface area contributed by atoms with Crippen molar-refractivity contribution in [3.8, 4) is 0 Å². The normalized spacial score (nSPS) is 17.9. The lowest BCUT2D eigenvalue weighted by Crippen LogP contribution is -2.33. The summed E-state index contributed by atoms with van der Waals surface area (Å²) in [7, 11) is 0. The predicted octanol–water partition coefficient (Wildman–Crippen LogP) is 5.23. The monoisotopic (exact) mass is 277 g/mol. The number of benzene rings is 1. The third-order valence-corrected chi connectivity index (χ3v) is 4.36. The molecule has 0 bridgehead atoms. The largest absolute Gasteiger partial charge is 0.307 e. The van der Waals surface area contributed by atoms with Gasteiger partial charge in [-0.3, -0.25) is 0 Å². The summed E-state index contributed by atoms with van der Waals surface area (Å²) in [5, 5.41) is 3.82. The highest BCUT2D eigenvalue weighted by molar-refractivity contribution is 5.20. The molecule has 1 aromatic rings. The van der Waals surface area contributed by atoms with Crippen LogP contribution >= 0.6 is 0 Å². The molecule has 2 heteroatoms. The first kappa shape index (κ1) is 15.5. The Morgan fingerprint density at radius 2 is 1.90 bits per heavy atom. The molecule has 0 amide bonds. The summed E-state index contributed by atoms with van der Waals surface area (Å²) in [5.41, 5.74) is 1.23. The topological polar surface area (TPSA) is 12.0 Å². The van der Waals surface area contributed by atoms with Crippen LogP contribution in [0.15, 0.2) is 24.3 Å². The number of hydrogen-bond acceptors (Lipinski definition) is 1. The van der Waals surface area contributed by atoms with Crippen molar-refractivity contribution < 1.29 is 4.39 Å². The SMILES string of the molecule is CCCCC(NC(CC)CC1CC1)c1ccc(F)cc1. The van der Waals surface area contributed by atoms with Gasteiger partial charge in [0.2, 0.25) is 0 Å². The van der Waals surface area contributed by atoms with Crippen molar-refractivity contribution in [2.24, 2.45) is 5.92 Å². The van der Waals surface area contributed by atoms with Gasteiger partial charge in [0, 0.05) is 12.1 Å². The molecule has 0 radical (unpaired) electrons. The third-order valence-electron chi connectivity index (χ3n) is 4.36. The molecular formula is C18H28FN. The zero-order chi connectivity index (χ0) is 14.4. The minimum atomic E-state index is -0.145. The fourth-order valence-electron chi connectivity index (χ4n) is 2.84. The first-order chi connectivity index (χ1) is 9.72. The minimum absolute atomic E-state index is 0.145. The second-order valence-electron chi connectivity index (χ2n) is 6.20. The van der Waals surface area contributed by atoms with Crippen LogP contribution in [-0.4, -0.2) is 6.04 Å². The van der Waals surface area contributed by atoms with Gasteiger partial charge in [-0.1, -0.05) is 51.7 Å². The van der Waals surface area contributed by atoms with Crippen molar-refractivity contribution in [3.63, 3.8) is 0 Å². The average Bonchev–Trinajstić information content (AvgIpc) is 3.27. The highest BCUT2D eigenvalue weighted by Crippen LogP contribution is 2.35. The molecule has 1 aliphatic rings. The lowest BCUT2D eigenvalue weighted by atomic mass is 9.98. The van der Waals surface area contributed by atoms with E-state index in [9.17, 15) is 4.39 Å². The molecule has 1 aromatic carbocycles. The molecule has 1 nitrogen and oxygen atoms in total. The van der Waals surface area contributed by atoms with Crippen molar-refractivity contribution in [1.82, 2.24) is 5.32 Å². The maximum atomic E-state index is 13.1. The number of unbranched alkanes of at least 4 members (excludes halogenated alkanes) is 1. The Labute approximate surface area is 123 Å². The first-order valence-corrected chi connectivity index (χ1v) is 8.24. The molecule has 1 fully saturated rings. The van der Waals surface area contributed by atoms with Crippen LogP contribution in [0.4, 0.5) is 4.39 Å². The Balaban J connectivity index is 1.99. The summed E-state index contributed by atoms with van der Waals surface area (Å²) >= 11 is 0. The van der Waals surface area contributed by atoms with E-state index in [1.54, 1.807) is 12.1 Å². The molecule has 2 atom stereocenters. The van der Waals surface area contributed by atoms with E-state index in [2.05, 4.69) is 19.2 Å². The van der Waals surface area contributed by atoms with Crippen LogP contribution in [0.2, 0.25) is 0 Å². The maximum absolute atomic E-state index is 13.1. The van der Waals surface area contributed by atoms with E-state index in [1.165, 1.54) is 44.1 Å². The third kappa shape index (κ3) is 4.90. The molecule has 0 spiro atoms. The lowest BCUT2D eigenvalue weighted by Gasteiger charge is -2.26. The van der Waals surface area contributed by atoms with E-state index >= 15 is 0 Å². The molecule has 0 aromatic heterocycles. The number of rotatable bonds is 9. The van der Waals surface area contributed by atoms with E-state index in [0.29, 0.717) is 12.1 Å². The van der Waals surface area contributed by atoms with Gasteiger partial charge in [0.15, 0.2) is 0 Å². The van der Waals surface area contributed by atoms with Gasteiger partial charge in [0.1, 0.15) is 5.82 Å². The summed E-state index contributed by atoms with van der Waals surface area (Å²) in [6.07, 6.45) is 8.88. The Morgan fingerprint density at radius 3 is 2.45 bits per heavy atom. The van der Waals surface area contributed by atoms with Gasteiger partial charge in [-0.2, -0.15) is 0 Å². The van der Waals surface area contributed by atoms with E-state index in [1.807, 2.05) is 12.1 Å². The van der Waals surface area contributed by atoms with Gasteiger partial charge < -0.3 is 5.32 Å².